The van der Waals surface area contributed by atoms with E-state index in [1.807, 2.05) is 13.8 Å². The molecule has 1 heterocycles. The van der Waals surface area contributed by atoms with Crippen molar-refractivity contribution in [2.45, 2.75) is 38.8 Å². The van der Waals surface area contributed by atoms with Gasteiger partial charge >= 0.3 is 5.97 Å². The molecule has 1 aromatic rings. The number of amides is 1. The highest BCUT2D eigenvalue weighted by atomic mass is 16.5. The van der Waals surface area contributed by atoms with Gasteiger partial charge in [-0.25, -0.2) is 4.79 Å². The minimum absolute atomic E-state index is 0.119. The maximum atomic E-state index is 12.2. The van der Waals surface area contributed by atoms with E-state index < -0.39 is 18.1 Å². The van der Waals surface area contributed by atoms with Crippen LogP contribution < -0.4 is 4.74 Å². The van der Waals surface area contributed by atoms with Crippen molar-refractivity contribution in [3.63, 3.8) is 0 Å². The highest BCUT2D eigenvalue weighted by Gasteiger charge is 2.34. The van der Waals surface area contributed by atoms with E-state index in [0.29, 0.717) is 24.4 Å². The number of aliphatic hydroxyl groups is 2. The average molecular weight is 363 g/mol. The fraction of sp³-hybridized carbons (Fsp3) is 0.474. The molecule has 2 rings (SSSR count). The first kappa shape index (κ1) is 19.9. The Balaban J connectivity index is 1.99. The summed E-state index contributed by atoms with van der Waals surface area (Å²) >= 11 is 0. The average Bonchev–Trinajstić information content (AvgIpc) is 2.94. The lowest BCUT2D eigenvalue weighted by molar-refractivity contribution is -0.148. The number of carboxylic acid groups (broad SMARTS) is 1. The van der Waals surface area contributed by atoms with Gasteiger partial charge in [-0.3, -0.25) is 4.79 Å². The quantitative estimate of drug-likeness (QED) is 0.608. The molecule has 0 aliphatic carbocycles. The highest BCUT2D eigenvalue weighted by molar-refractivity contribution is 5.94. The summed E-state index contributed by atoms with van der Waals surface area (Å²) in [7, 11) is 0. The van der Waals surface area contributed by atoms with Gasteiger partial charge in [0.15, 0.2) is 0 Å². The molecule has 0 unspecified atom stereocenters. The maximum Gasteiger partial charge on any atom is 0.326 e. The normalized spacial score (nSPS) is 16.6. The minimum atomic E-state index is -1.02. The summed E-state index contributed by atoms with van der Waals surface area (Å²) in [4.78, 5) is 25.0. The van der Waals surface area contributed by atoms with Crippen LogP contribution >= 0.6 is 0 Å². The second-order valence-corrected chi connectivity index (χ2v) is 6.85. The molecule has 0 spiro atoms. The number of carbonyl (C=O) groups excluding carboxylic acids is 1. The first-order valence-electron chi connectivity index (χ1n) is 8.59. The van der Waals surface area contributed by atoms with Gasteiger partial charge in [0.25, 0.3) is 5.91 Å². The van der Waals surface area contributed by atoms with Gasteiger partial charge in [-0.1, -0.05) is 26.0 Å². The molecule has 1 aliphatic rings. The van der Waals surface area contributed by atoms with Crippen LogP contribution in [0, 0.1) is 5.92 Å². The number of nitrogens with zero attached hydrogens (tertiary/aromatic N) is 1. The van der Waals surface area contributed by atoms with Gasteiger partial charge in [0, 0.05) is 12.5 Å². The third kappa shape index (κ3) is 5.31. The van der Waals surface area contributed by atoms with E-state index in [4.69, 9.17) is 9.84 Å². The summed E-state index contributed by atoms with van der Waals surface area (Å²) < 4.78 is 5.69. The zero-order chi connectivity index (χ0) is 19.3. The molecule has 1 amide bonds. The Kier molecular flexibility index (Phi) is 6.76. The van der Waals surface area contributed by atoms with Gasteiger partial charge in [-0.05, 0) is 30.0 Å². The van der Waals surface area contributed by atoms with Crippen LogP contribution in [0.25, 0.3) is 0 Å². The summed E-state index contributed by atoms with van der Waals surface area (Å²) in [5.74, 6) is -0.322. The number of aliphatic carboxylic acids is 1. The van der Waals surface area contributed by atoms with Crippen molar-refractivity contribution < 1.29 is 29.6 Å². The predicted octanol–water partition coefficient (Wildman–Crippen LogP) is 1.19. The number of rotatable bonds is 9. The topological polar surface area (TPSA) is 107 Å². The first-order chi connectivity index (χ1) is 12.3. The summed E-state index contributed by atoms with van der Waals surface area (Å²) in [6.07, 6.45) is 1.23. The second kappa shape index (κ2) is 8.82. The van der Waals surface area contributed by atoms with Crippen LogP contribution in [0.2, 0.25) is 0 Å². The number of ether oxygens (including phenoxy) is 1. The van der Waals surface area contributed by atoms with Crippen LogP contribution in [-0.2, 0) is 16.0 Å². The van der Waals surface area contributed by atoms with Crippen LogP contribution in [-0.4, -0.2) is 57.4 Å². The lowest BCUT2D eigenvalue weighted by Crippen LogP contribution is -2.43. The van der Waals surface area contributed by atoms with Crippen LogP contribution in [0.15, 0.2) is 36.1 Å². The zero-order valence-electron chi connectivity index (χ0n) is 15.0. The molecule has 142 valence electrons. The Morgan fingerprint density at radius 1 is 1.27 bits per heavy atom. The van der Waals surface area contributed by atoms with Gasteiger partial charge in [-0.15, -0.1) is 0 Å². The summed E-state index contributed by atoms with van der Waals surface area (Å²) in [5, 5.41) is 27.7. The lowest BCUT2D eigenvalue weighted by Gasteiger charge is -2.25. The maximum absolute atomic E-state index is 12.2. The molecule has 0 aromatic heterocycles. The molecule has 7 heteroatoms. The molecule has 0 saturated carbocycles. The third-order valence-electron chi connectivity index (χ3n) is 4.10. The molecular weight excluding hydrogens is 338 g/mol. The number of carboxylic acids is 1. The van der Waals surface area contributed by atoms with Crippen LogP contribution in [0.4, 0.5) is 0 Å². The van der Waals surface area contributed by atoms with Crippen LogP contribution in [0.5, 0.6) is 5.75 Å². The van der Waals surface area contributed by atoms with Crippen LogP contribution in [0.3, 0.4) is 0 Å². The van der Waals surface area contributed by atoms with Crippen molar-refractivity contribution in [2.24, 2.45) is 5.92 Å². The smallest absolute Gasteiger partial charge is 0.326 e. The molecule has 26 heavy (non-hydrogen) atoms. The lowest BCUT2D eigenvalue weighted by atomic mass is 10.0. The Morgan fingerprint density at radius 2 is 1.92 bits per heavy atom. The fourth-order valence-corrected chi connectivity index (χ4v) is 2.83. The zero-order valence-corrected chi connectivity index (χ0v) is 15.0. The number of hydrogen-bond acceptors (Lipinski definition) is 5. The summed E-state index contributed by atoms with van der Waals surface area (Å²) in [6, 6.07) is 6.07. The van der Waals surface area contributed by atoms with Crippen molar-refractivity contribution in [1.29, 1.82) is 0 Å². The molecular formula is C19H25NO6. The number of aliphatic hydroxyl groups excluding tert-OH is 2. The Hall–Kier alpha value is -2.38. The van der Waals surface area contributed by atoms with Crippen LogP contribution in [0.1, 0.15) is 25.8 Å². The Morgan fingerprint density at radius 3 is 2.46 bits per heavy atom. The molecule has 7 nitrogen and oxygen atoms in total. The number of hydrogen-bond donors (Lipinski definition) is 3. The predicted molar refractivity (Wildman–Crippen MR) is 94.5 cm³/mol. The third-order valence-corrected chi connectivity index (χ3v) is 4.10. The minimum Gasteiger partial charge on any atom is -0.480 e. The molecule has 3 N–H and O–H groups in total. The molecule has 0 bridgehead atoms. The monoisotopic (exact) mass is 363 g/mol. The van der Waals surface area contributed by atoms with Gasteiger partial charge in [-0.2, -0.15) is 0 Å². The fourth-order valence-electron chi connectivity index (χ4n) is 2.83. The molecule has 1 aromatic carbocycles. The summed E-state index contributed by atoms with van der Waals surface area (Å²) in [5.41, 5.74) is 0.847. The molecule has 0 radical (unpaired) electrons. The summed E-state index contributed by atoms with van der Waals surface area (Å²) in [6.45, 7) is 3.64. The van der Waals surface area contributed by atoms with Crippen molar-refractivity contribution in [3.8, 4) is 5.75 Å². The van der Waals surface area contributed by atoms with Gasteiger partial charge in [0.1, 0.15) is 17.6 Å². The van der Waals surface area contributed by atoms with E-state index >= 15 is 0 Å². The standard InChI is InChI=1S/C19H25NO6/c1-12(2)7-17(19(24)25)20-10-16(9-18(20)23)26-15-5-3-13(4-6-15)8-14(22)11-21/h3-6,9,12,14,17,21-22H,7-8,10-11H2,1-2H3,(H,24,25)/t14-,17-/m0/s1. The van der Waals surface area contributed by atoms with Gasteiger partial charge in [0.2, 0.25) is 0 Å². The molecule has 0 fully saturated rings. The number of carbonyl (C=O) groups is 2. The number of benzene rings is 1. The van der Waals surface area contributed by atoms with E-state index in [2.05, 4.69) is 0 Å². The molecule has 1 aliphatic heterocycles. The van der Waals surface area contributed by atoms with Crippen molar-refractivity contribution in [3.05, 3.63) is 41.7 Å². The Labute approximate surface area is 152 Å². The molecule has 2 atom stereocenters. The van der Waals surface area contributed by atoms with E-state index in [1.165, 1.54) is 11.0 Å². The largest absolute Gasteiger partial charge is 0.480 e. The van der Waals surface area contributed by atoms with Gasteiger partial charge < -0.3 is 25.0 Å². The second-order valence-electron chi connectivity index (χ2n) is 6.85. The van der Waals surface area contributed by atoms with E-state index in [9.17, 15) is 19.8 Å². The first-order valence-corrected chi connectivity index (χ1v) is 8.59. The van der Waals surface area contributed by atoms with E-state index in [1.54, 1.807) is 24.3 Å². The SMILES string of the molecule is CC(C)C[C@@H](C(=O)O)N1CC(Oc2ccc(C[C@H](O)CO)cc2)=CC1=O. The highest BCUT2D eigenvalue weighted by Crippen LogP contribution is 2.23. The molecule has 0 saturated heterocycles. The Bertz CT molecular complexity index is 667. The van der Waals surface area contributed by atoms with E-state index in [0.717, 1.165) is 5.56 Å². The van der Waals surface area contributed by atoms with Crippen molar-refractivity contribution >= 4 is 11.9 Å². The van der Waals surface area contributed by atoms with Crippen molar-refractivity contribution in [2.75, 3.05) is 13.2 Å². The van der Waals surface area contributed by atoms with Crippen molar-refractivity contribution in [1.82, 2.24) is 4.90 Å². The van der Waals surface area contributed by atoms with E-state index in [-0.39, 0.29) is 25.0 Å². The van der Waals surface area contributed by atoms with Gasteiger partial charge in [0.05, 0.1) is 19.3 Å².